The molecule has 0 amide bonds. The Hall–Kier alpha value is -0.240. The summed E-state index contributed by atoms with van der Waals surface area (Å²) >= 11 is 1.35. The van der Waals surface area contributed by atoms with Crippen LogP contribution < -0.4 is 0 Å². The summed E-state index contributed by atoms with van der Waals surface area (Å²) in [6.45, 7) is 5.55. The van der Waals surface area contributed by atoms with Gasteiger partial charge in [-0.3, -0.25) is 4.79 Å². The van der Waals surface area contributed by atoms with Crippen LogP contribution in [0.3, 0.4) is 0 Å². The molecule has 0 aromatic carbocycles. The SMILES string of the molecule is C/C=C\[C@@H](C)SC(C)=O. The largest absolute Gasteiger partial charge is 0.288 e. The number of hydrogen-bond acceptors (Lipinski definition) is 2. The predicted molar refractivity (Wildman–Crippen MR) is 42.5 cm³/mol. The third-order valence-corrected chi connectivity index (χ3v) is 1.68. The molecule has 0 saturated heterocycles. The molecule has 0 saturated carbocycles. The number of hydrogen-bond donors (Lipinski definition) is 0. The minimum Gasteiger partial charge on any atom is -0.288 e. The first kappa shape index (κ1) is 8.76. The van der Waals surface area contributed by atoms with Crippen molar-refractivity contribution in [2.24, 2.45) is 0 Å². The monoisotopic (exact) mass is 144 g/mol. The van der Waals surface area contributed by atoms with Crippen molar-refractivity contribution >= 4 is 16.9 Å². The fourth-order valence-corrected chi connectivity index (χ4v) is 1.33. The van der Waals surface area contributed by atoms with Crippen molar-refractivity contribution < 1.29 is 4.79 Å². The van der Waals surface area contributed by atoms with Gasteiger partial charge in [-0.15, -0.1) is 0 Å². The lowest BCUT2D eigenvalue weighted by Crippen LogP contribution is -1.93. The van der Waals surface area contributed by atoms with E-state index in [0.717, 1.165) is 0 Å². The Bertz CT molecular complexity index is 118. The Morgan fingerprint density at radius 2 is 2.22 bits per heavy atom. The van der Waals surface area contributed by atoms with E-state index in [0.29, 0.717) is 5.25 Å². The highest BCUT2D eigenvalue weighted by Crippen LogP contribution is 2.11. The predicted octanol–water partition coefficient (Wildman–Crippen LogP) is 2.23. The van der Waals surface area contributed by atoms with Crippen molar-refractivity contribution in [2.75, 3.05) is 0 Å². The normalized spacial score (nSPS) is 14.1. The van der Waals surface area contributed by atoms with Crippen LogP contribution in [0.2, 0.25) is 0 Å². The quantitative estimate of drug-likeness (QED) is 0.553. The molecule has 0 unspecified atom stereocenters. The second-order valence-corrected chi connectivity index (χ2v) is 3.39. The van der Waals surface area contributed by atoms with Crippen molar-refractivity contribution in [3.63, 3.8) is 0 Å². The minimum absolute atomic E-state index is 0.181. The molecule has 0 bridgehead atoms. The average molecular weight is 144 g/mol. The zero-order valence-electron chi connectivity index (χ0n) is 6.05. The van der Waals surface area contributed by atoms with Crippen molar-refractivity contribution in [2.45, 2.75) is 26.0 Å². The average Bonchev–Trinajstić information content (AvgIpc) is 1.63. The van der Waals surface area contributed by atoms with Gasteiger partial charge in [0.15, 0.2) is 5.12 Å². The van der Waals surface area contributed by atoms with Gasteiger partial charge in [-0.1, -0.05) is 23.9 Å². The highest BCUT2D eigenvalue weighted by molar-refractivity contribution is 8.14. The van der Waals surface area contributed by atoms with Gasteiger partial charge in [-0.05, 0) is 13.8 Å². The van der Waals surface area contributed by atoms with E-state index in [1.54, 1.807) is 6.92 Å². The second kappa shape index (κ2) is 4.62. The lowest BCUT2D eigenvalue weighted by Gasteiger charge is -1.98. The maximum absolute atomic E-state index is 10.5. The van der Waals surface area contributed by atoms with Gasteiger partial charge in [0.25, 0.3) is 0 Å². The van der Waals surface area contributed by atoms with E-state index in [2.05, 4.69) is 0 Å². The molecule has 0 heterocycles. The number of rotatable bonds is 2. The van der Waals surface area contributed by atoms with Crippen LogP contribution in [0.25, 0.3) is 0 Å². The van der Waals surface area contributed by atoms with E-state index in [-0.39, 0.29) is 5.12 Å². The molecule has 0 aliphatic carbocycles. The van der Waals surface area contributed by atoms with Gasteiger partial charge in [0.2, 0.25) is 0 Å². The van der Waals surface area contributed by atoms with Gasteiger partial charge >= 0.3 is 0 Å². The summed E-state index contributed by atoms with van der Waals surface area (Å²) in [5, 5.41) is 0.507. The summed E-state index contributed by atoms with van der Waals surface area (Å²) < 4.78 is 0. The molecular weight excluding hydrogens is 132 g/mol. The van der Waals surface area contributed by atoms with E-state index in [4.69, 9.17) is 0 Å². The van der Waals surface area contributed by atoms with Crippen LogP contribution in [0.4, 0.5) is 0 Å². The number of allylic oxidation sites excluding steroid dienone is 1. The smallest absolute Gasteiger partial charge is 0.186 e. The summed E-state index contributed by atoms with van der Waals surface area (Å²) in [4.78, 5) is 10.5. The van der Waals surface area contributed by atoms with Crippen molar-refractivity contribution in [1.29, 1.82) is 0 Å². The Morgan fingerprint density at radius 3 is 2.56 bits per heavy atom. The molecule has 0 aliphatic rings. The van der Waals surface area contributed by atoms with Gasteiger partial charge < -0.3 is 0 Å². The first-order valence-electron chi connectivity index (χ1n) is 2.97. The van der Waals surface area contributed by atoms with Crippen molar-refractivity contribution in [3.8, 4) is 0 Å². The molecule has 0 fully saturated rings. The van der Waals surface area contributed by atoms with Crippen LogP contribution >= 0.6 is 11.8 Å². The van der Waals surface area contributed by atoms with Crippen LogP contribution in [-0.2, 0) is 4.79 Å². The standard InChI is InChI=1S/C7H12OS/c1-4-5-6(2)9-7(3)8/h4-6H,1-3H3/b5-4-/t6-/m1/s1. The summed E-state index contributed by atoms with van der Waals surface area (Å²) in [5.74, 6) is 0. The fourth-order valence-electron chi connectivity index (χ4n) is 0.572. The summed E-state index contributed by atoms with van der Waals surface area (Å²) in [5.41, 5.74) is 0. The molecule has 1 nitrogen and oxygen atoms in total. The molecule has 0 aromatic heterocycles. The van der Waals surface area contributed by atoms with E-state index in [1.807, 2.05) is 26.0 Å². The molecule has 1 atom stereocenters. The zero-order chi connectivity index (χ0) is 7.28. The first-order chi connectivity index (χ1) is 4.16. The van der Waals surface area contributed by atoms with E-state index in [9.17, 15) is 4.79 Å². The lowest BCUT2D eigenvalue weighted by molar-refractivity contribution is -0.109. The fraction of sp³-hybridized carbons (Fsp3) is 0.571. The Balaban J connectivity index is 3.50. The molecule has 0 N–H and O–H groups in total. The molecule has 2 heteroatoms. The van der Waals surface area contributed by atoms with Crippen LogP contribution in [0, 0.1) is 0 Å². The van der Waals surface area contributed by atoms with Crippen LogP contribution in [0.1, 0.15) is 20.8 Å². The van der Waals surface area contributed by atoms with Gasteiger partial charge in [0.1, 0.15) is 0 Å². The molecule has 0 aliphatic heterocycles. The molecule has 52 valence electrons. The Morgan fingerprint density at radius 1 is 1.67 bits per heavy atom. The number of carbonyl (C=O) groups excluding carboxylic acids is 1. The van der Waals surface area contributed by atoms with E-state index < -0.39 is 0 Å². The number of carbonyl (C=O) groups is 1. The van der Waals surface area contributed by atoms with Crippen molar-refractivity contribution in [1.82, 2.24) is 0 Å². The molecule has 0 radical (unpaired) electrons. The third kappa shape index (κ3) is 5.63. The van der Waals surface area contributed by atoms with Crippen LogP contribution in [0.5, 0.6) is 0 Å². The molecule has 0 spiro atoms. The van der Waals surface area contributed by atoms with Gasteiger partial charge in [-0.2, -0.15) is 0 Å². The van der Waals surface area contributed by atoms with Crippen LogP contribution in [-0.4, -0.2) is 10.4 Å². The molecule has 0 aromatic rings. The zero-order valence-corrected chi connectivity index (χ0v) is 6.87. The van der Waals surface area contributed by atoms with E-state index >= 15 is 0 Å². The lowest BCUT2D eigenvalue weighted by atomic mass is 10.4. The molecule has 9 heavy (non-hydrogen) atoms. The summed E-state index contributed by atoms with van der Waals surface area (Å²) in [7, 11) is 0. The number of thioether (sulfide) groups is 1. The third-order valence-electron chi connectivity index (χ3n) is 0.815. The Kier molecular flexibility index (Phi) is 4.50. The maximum atomic E-state index is 10.5. The minimum atomic E-state index is 0.181. The maximum Gasteiger partial charge on any atom is 0.186 e. The first-order valence-corrected chi connectivity index (χ1v) is 3.84. The highest BCUT2D eigenvalue weighted by Gasteiger charge is 1.99. The Labute approximate surface area is 60.5 Å². The summed E-state index contributed by atoms with van der Waals surface area (Å²) in [6.07, 6.45) is 3.96. The summed E-state index contributed by atoms with van der Waals surface area (Å²) in [6, 6.07) is 0. The molecular formula is C7H12OS. The van der Waals surface area contributed by atoms with Crippen molar-refractivity contribution in [3.05, 3.63) is 12.2 Å². The highest BCUT2D eigenvalue weighted by atomic mass is 32.2. The van der Waals surface area contributed by atoms with Crippen LogP contribution in [0.15, 0.2) is 12.2 Å². The molecule has 0 rings (SSSR count). The topological polar surface area (TPSA) is 17.1 Å². The van der Waals surface area contributed by atoms with Gasteiger partial charge in [0, 0.05) is 12.2 Å². The van der Waals surface area contributed by atoms with E-state index in [1.165, 1.54) is 11.8 Å². The van der Waals surface area contributed by atoms with Gasteiger partial charge in [-0.25, -0.2) is 0 Å². The van der Waals surface area contributed by atoms with Gasteiger partial charge in [0.05, 0.1) is 0 Å². The second-order valence-electron chi connectivity index (χ2n) is 1.84.